The van der Waals surface area contributed by atoms with E-state index in [4.69, 9.17) is 0 Å². The Morgan fingerprint density at radius 2 is 2.23 bits per heavy atom. The molecule has 0 atom stereocenters. The van der Waals surface area contributed by atoms with Gasteiger partial charge < -0.3 is 13.1 Å². The number of anilines is 1. The number of allylic oxidation sites excluding steroid dienone is 1. The van der Waals surface area contributed by atoms with E-state index in [0.717, 1.165) is 4.48 Å². The number of rotatable bonds is 0. The van der Waals surface area contributed by atoms with Gasteiger partial charge in [0.1, 0.15) is 0 Å². The Morgan fingerprint density at radius 1 is 1.54 bits per heavy atom. The second-order valence-corrected chi connectivity index (χ2v) is 4.17. The van der Waals surface area contributed by atoms with Crippen LogP contribution in [0.4, 0.5) is 13.8 Å². The van der Waals surface area contributed by atoms with Crippen molar-refractivity contribution in [2.75, 3.05) is 5.32 Å². The maximum absolute atomic E-state index is 13.6. The van der Waals surface area contributed by atoms with Crippen LogP contribution in [0.5, 0.6) is 0 Å². The predicted octanol–water partition coefficient (Wildman–Crippen LogP) is 2.02. The molecular formula is C7H9BF2N2S. The Bertz CT molecular complexity index is 382. The van der Waals surface area contributed by atoms with Crippen LogP contribution >= 0.6 is 11.3 Å². The summed E-state index contributed by atoms with van der Waals surface area (Å²) in [5.41, 5.74) is 0.702. The van der Waals surface area contributed by atoms with Crippen LogP contribution < -0.4 is 9.79 Å². The van der Waals surface area contributed by atoms with E-state index in [9.17, 15) is 8.63 Å². The highest BCUT2D eigenvalue weighted by molar-refractivity contribution is 7.13. The summed E-state index contributed by atoms with van der Waals surface area (Å²) in [6.07, 6.45) is 1.42. The van der Waals surface area contributed by atoms with E-state index in [2.05, 4.69) is 5.32 Å². The van der Waals surface area contributed by atoms with Crippen molar-refractivity contribution in [1.82, 2.24) is 0 Å². The minimum Gasteiger partial charge on any atom is -0.430 e. The molecule has 0 fully saturated rings. The highest BCUT2D eigenvalue weighted by Gasteiger charge is 2.49. The maximum Gasteiger partial charge on any atom is 0.586 e. The first-order chi connectivity index (χ1) is 6.03. The van der Waals surface area contributed by atoms with E-state index >= 15 is 0 Å². The second-order valence-electron chi connectivity index (χ2n) is 3.28. The number of hydrogen-bond acceptors (Lipinski definition) is 2. The van der Waals surface area contributed by atoms with Gasteiger partial charge in [0.25, 0.3) is 5.13 Å². The summed E-state index contributed by atoms with van der Waals surface area (Å²) in [6, 6.07) is 0. The smallest absolute Gasteiger partial charge is 0.430 e. The van der Waals surface area contributed by atoms with Crippen molar-refractivity contribution in [3.8, 4) is 0 Å². The first kappa shape index (κ1) is 8.68. The molecule has 0 spiro atoms. The monoisotopic (exact) mass is 202 g/mol. The molecule has 0 bridgehead atoms. The lowest BCUT2D eigenvalue weighted by Crippen LogP contribution is -2.55. The minimum atomic E-state index is -3.58. The molecule has 0 saturated heterocycles. The number of halogens is 2. The van der Waals surface area contributed by atoms with Gasteiger partial charge in [0.15, 0.2) is 0 Å². The van der Waals surface area contributed by atoms with Crippen molar-refractivity contribution in [1.29, 1.82) is 0 Å². The zero-order valence-electron chi connectivity index (χ0n) is 7.34. The van der Waals surface area contributed by atoms with Crippen LogP contribution in [0.2, 0.25) is 0 Å². The standard InChI is InChI=1S/C7H9BF2N2S/c1-5(2)6-8(9,10)12-3-4-13-7(12)11-6/h3-4,11H,1-2H3. The molecule has 0 unspecified atom stereocenters. The molecule has 0 radical (unpaired) electrons. The average Bonchev–Trinajstić information content (AvgIpc) is 2.52. The molecule has 0 aliphatic carbocycles. The van der Waals surface area contributed by atoms with E-state index in [1.807, 2.05) is 0 Å². The number of nitrogens with one attached hydrogen (secondary N) is 1. The lowest BCUT2D eigenvalue weighted by molar-refractivity contribution is -0.538. The fraction of sp³-hybridized carbons (Fsp3) is 0.286. The third-order valence-corrected chi connectivity index (χ3v) is 2.91. The molecule has 1 aromatic heterocycles. The van der Waals surface area contributed by atoms with Gasteiger partial charge in [-0.15, -0.1) is 0 Å². The molecule has 2 nitrogen and oxygen atoms in total. The summed E-state index contributed by atoms with van der Waals surface area (Å²) in [5, 5.41) is 4.91. The van der Waals surface area contributed by atoms with Crippen LogP contribution in [0.3, 0.4) is 0 Å². The van der Waals surface area contributed by atoms with Crippen LogP contribution in [0.1, 0.15) is 13.8 Å². The van der Waals surface area contributed by atoms with Crippen molar-refractivity contribution in [3.05, 3.63) is 22.7 Å². The topological polar surface area (TPSA) is 15.9 Å². The molecule has 13 heavy (non-hydrogen) atoms. The first-order valence-corrected chi connectivity index (χ1v) is 4.87. The Balaban J connectivity index is 2.58. The van der Waals surface area contributed by atoms with Gasteiger partial charge in [0.2, 0.25) is 0 Å². The lowest BCUT2D eigenvalue weighted by atomic mass is 9.74. The van der Waals surface area contributed by atoms with E-state index in [1.165, 1.54) is 17.5 Å². The summed E-state index contributed by atoms with van der Waals surface area (Å²) in [4.78, 5) is 0. The number of hydrogen-bond donors (Lipinski definition) is 1. The zero-order valence-corrected chi connectivity index (χ0v) is 8.16. The molecule has 0 aromatic carbocycles. The number of thiazole rings is 1. The van der Waals surface area contributed by atoms with Crippen LogP contribution in [-0.2, 0) is 0 Å². The Kier molecular flexibility index (Phi) is 1.70. The van der Waals surface area contributed by atoms with E-state index in [1.54, 1.807) is 19.2 Å². The molecule has 0 saturated carbocycles. The number of nitrogens with zero attached hydrogens (tertiary/aromatic N) is 1. The molecular weight excluding hydrogens is 193 g/mol. The van der Waals surface area contributed by atoms with Crippen molar-refractivity contribution < 1.29 is 13.1 Å². The Morgan fingerprint density at radius 3 is 2.77 bits per heavy atom. The molecule has 0 amide bonds. The first-order valence-electron chi connectivity index (χ1n) is 3.99. The molecule has 1 aromatic rings. The predicted molar refractivity (Wildman–Crippen MR) is 49.9 cm³/mol. The van der Waals surface area contributed by atoms with Crippen LogP contribution in [-0.4, -0.2) is 6.84 Å². The van der Waals surface area contributed by atoms with E-state index in [-0.39, 0.29) is 5.60 Å². The average molecular weight is 202 g/mol. The third-order valence-electron chi connectivity index (χ3n) is 2.11. The van der Waals surface area contributed by atoms with Crippen LogP contribution in [0.25, 0.3) is 0 Å². The van der Waals surface area contributed by atoms with Crippen LogP contribution in [0.15, 0.2) is 22.7 Å². The molecule has 1 N–H and O–H groups in total. The van der Waals surface area contributed by atoms with Crippen molar-refractivity contribution >= 4 is 23.3 Å². The third kappa shape index (κ3) is 1.08. The van der Waals surface area contributed by atoms with Crippen molar-refractivity contribution in [2.45, 2.75) is 13.8 Å². The van der Waals surface area contributed by atoms with Gasteiger partial charge in [-0.25, -0.2) is 0 Å². The maximum atomic E-state index is 13.6. The highest BCUT2D eigenvalue weighted by Crippen LogP contribution is 2.30. The van der Waals surface area contributed by atoms with Crippen molar-refractivity contribution in [2.24, 2.45) is 0 Å². The highest BCUT2D eigenvalue weighted by atomic mass is 32.1. The molecule has 2 heterocycles. The molecule has 1 aliphatic heterocycles. The SMILES string of the molecule is CC(C)=C1Nc2scc[n+]2[B-]1(F)F. The summed E-state index contributed by atoms with van der Waals surface area (Å²) < 4.78 is 28.2. The molecule has 70 valence electrons. The van der Waals surface area contributed by atoms with E-state index < -0.39 is 6.84 Å². The van der Waals surface area contributed by atoms with E-state index in [0.29, 0.717) is 10.7 Å². The second kappa shape index (κ2) is 2.54. The fourth-order valence-corrected chi connectivity index (χ4v) is 2.26. The summed E-state index contributed by atoms with van der Waals surface area (Å²) in [7, 11) is 0. The number of aromatic nitrogens is 1. The quantitative estimate of drug-likeness (QED) is 0.636. The number of fused-ring (bicyclic) bond motifs is 1. The molecule has 2 rings (SSSR count). The van der Waals surface area contributed by atoms with Gasteiger partial charge >= 0.3 is 6.84 Å². The Hall–Kier alpha value is -0.905. The molecule has 1 aliphatic rings. The van der Waals surface area contributed by atoms with Gasteiger partial charge in [-0.2, -0.15) is 0 Å². The van der Waals surface area contributed by atoms with Crippen LogP contribution in [0, 0.1) is 0 Å². The van der Waals surface area contributed by atoms with Gasteiger partial charge in [0.05, 0.1) is 11.8 Å². The summed E-state index contributed by atoms with van der Waals surface area (Å²) >= 11 is 1.29. The zero-order chi connectivity index (χ0) is 9.64. The normalized spacial score (nSPS) is 18.3. The summed E-state index contributed by atoms with van der Waals surface area (Å²) in [5.74, 6) is 0. The van der Waals surface area contributed by atoms with Gasteiger partial charge in [-0.05, 0) is 13.8 Å². The molecule has 6 heteroatoms. The van der Waals surface area contributed by atoms with Crippen molar-refractivity contribution in [3.63, 3.8) is 0 Å². The lowest BCUT2D eigenvalue weighted by Gasteiger charge is -2.13. The largest absolute Gasteiger partial charge is 0.586 e. The minimum absolute atomic E-state index is 0.0619. The van der Waals surface area contributed by atoms with Gasteiger partial charge in [-0.3, -0.25) is 5.32 Å². The fourth-order valence-electron chi connectivity index (χ4n) is 1.45. The summed E-state index contributed by atoms with van der Waals surface area (Å²) in [6.45, 7) is -0.203. The van der Waals surface area contributed by atoms with Gasteiger partial charge in [-0.1, -0.05) is 16.9 Å². The Labute approximate surface area is 78.9 Å². The van der Waals surface area contributed by atoms with Gasteiger partial charge in [0, 0.05) is 5.38 Å².